The molecular formula is C9H14N2O. The van der Waals surface area contributed by atoms with Crippen molar-refractivity contribution in [2.24, 2.45) is 0 Å². The first-order valence-electron chi connectivity index (χ1n) is 4.07. The highest BCUT2D eigenvalue weighted by molar-refractivity contribution is 5.12. The summed E-state index contributed by atoms with van der Waals surface area (Å²) in [6.07, 6.45) is 1.97. The molecule has 0 aliphatic heterocycles. The van der Waals surface area contributed by atoms with Crippen molar-refractivity contribution in [1.29, 1.82) is 0 Å². The van der Waals surface area contributed by atoms with Gasteiger partial charge in [-0.1, -0.05) is 0 Å². The number of nitrogens with zero attached hydrogens (tertiary/aromatic N) is 2. The molecule has 12 heavy (non-hydrogen) atoms. The predicted octanol–water partition coefficient (Wildman–Crippen LogP) is 1.02. The summed E-state index contributed by atoms with van der Waals surface area (Å²) in [5.74, 6) is 0. The lowest BCUT2D eigenvalue weighted by molar-refractivity contribution is 0.194. The zero-order valence-electron chi connectivity index (χ0n) is 7.70. The SMILES string of the molecule is Cc1cnc(C)c(CC(C)O)n1. The monoisotopic (exact) mass is 166 g/mol. The number of aliphatic hydroxyl groups is 1. The molecule has 1 aromatic heterocycles. The van der Waals surface area contributed by atoms with Crippen molar-refractivity contribution < 1.29 is 5.11 Å². The van der Waals surface area contributed by atoms with Gasteiger partial charge in [-0.3, -0.25) is 9.97 Å². The van der Waals surface area contributed by atoms with Crippen molar-refractivity contribution in [2.45, 2.75) is 33.3 Å². The molecule has 0 aliphatic carbocycles. The Morgan fingerprint density at radius 1 is 1.50 bits per heavy atom. The van der Waals surface area contributed by atoms with E-state index in [9.17, 15) is 0 Å². The highest BCUT2D eigenvalue weighted by Crippen LogP contribution is 2.05. The maximum atomic E-state index is 9.15. The molecule has 1 atom stereocenters. The molecule has 1 unspecified atom stereocenters. The van der Waals surface area contributed by atoms with Gasteiger partial charge >= 0.3 is 0 Å². The molecule has 66 valence electrons. The first-order chi connectivity index (χ1) is 5.59. The summed E-state index contributed by atoms with van der Waals surface area (Å²) in [4.78, 5) is 8.45. The minimum atomic E-state index is -0.347. The highest BCUT2D eigenvalue weighted by atomic mass is 16.3. The average molecular weight is 166 g/mol. The van der Waals surface area contributed by atoms with Crippen LogP contribution < -0.4 is 0 Å². The van der Waals surface area contributed by atoms with Crippen molar-refractivity contribution in [3.05, 3.63) is 23.3 Å². The minimum absolute atomic E-state index is 0.347. The van der Waals surface area contributed by atoms with Crippen LogP contribution in [-0.2, 0) is 6.42 Å². The Morgan fingerprint density at radius 3 is 2.75 bits per heavy atom. The molecule has 1 heterocycles. The normalized spacial score (nSPS) is 13.0. The van der Waals surface area contributed by atoms with E-state index in [0.717, 1.165) is 17.1 Å². The first kappa shape index (κ1) is 9.13. The Kier molecular flexibility index (Phi) is 2.76. The van der Waals surface area contributed by atoms with E-state index in [-0.39, 0.29) is 6.10 Å². The molecular weight excluding hydrogens is 152 g/mol. The molecule has 1 aromatic rings. The highest BCUT2D eigenvalue weighted by Gasteiger charge is 2.04. The van der Waals surface area contributed by atoms with Crippen LogP contribution in [0.5, 0.6) is 0 Å². The standard InChI is InChI=1S/C9H14N2O/c1-6-5-10-8(3)9(11-6)4-7(2)12/h5,7,12H,4H2,1-3H3. The molecule has 3 heteroatoms. The minimum Gasteiger partial charge on any atom is -0.393 e. The van der Waals surface area contributed by atoms with E-state index < -0.39 is 0 Å². The maximum absolute atomic E-state index is 9.15. The topological polar surface area (TPSA) is 46.0 Å². The third kappa shape index (κ3) is 2.27. The van der Waals surface area contributed by atoms with E-state index in [1.54, 1.807) is 13.1 Å². The van der Waals surface area contributed by atoms with Crippen LogP contribution in [0.2, 0.25) is 0 Å². The Morgan fingerprint density at radius 2 is 2.17 bits per heavy atom. The largest absolute Gasteiger partial charge is 0.393 e. The Labute approximate surface area is 72.5 Å². The molecule has 0 radical (unpaired) electrons. The second kappa shape index (κ2) is 3.63. The van der Waals surface area contributed by atoms with Crippen LogP contribution in [0.4, 0.5) is 0 Å². The smallest absolute Gasteiger partial charge is 0.0644 e. The molecule has 0 saturated carbocycles. The number of aliphatic hydroxyl groups excluding tert-OH is 1. The van der Waals surface area contributed by atoms with E-state index in [1.165, 1.54) is 0 Å². The van der Waals surface area contributed by atoms with Crippen LogP contribution in [-0.4, -0.2) is 21.2 Å². The second-order valence-electron chi connectivity index (χ2n) is 3.10. The fourth-order valence-electron chi connectivity index (χ4n) is 1.06. The Hall–Kier alpha value is -0.960. The summed E-state index contributed by atoms with van der Waals surface area (Å²) in [5, 5.41) is 9.15. The summed E-state index contributed by atoms with van der Waals surface area (Å²) in [5.41, 5.74) is 2.70. The maximum Gasteiger partial charge on any atom is 0.0644 e. The summed E-state index contributed by atoms with van der Waals surface area (Å²) < 4.78 is 0. The van der Waals surface area contributed by atoms with E-state index >= 15 is 0 Å². The molecule has 0 spiro atoms. The quantitative estimate of drug-likeness (QED) is 0.713. The van der Waals surface area contributed by atoms with Gasteiger partial charge in [0.15, 0.2) is 0 Å². The van der Waals surface area contributed by atoms with Crippen LogP contribution in [0, 0.1) is 13.8 Å². The van der Waals surface area contributed by atoms with Gasteiger partial charge in [-0.05, 0) is 20.8 Å². The molecule has 0 aliphatic rings. The van der Waals surface area contributed by atoms with Crippen molar-refractivity contribution >= 4 is 0 Å². The first-order valence-corrected chi connectivity index (χ1v) is 4.07. The van der Waals surface area contributed by atoms with E-state index in [1.807, 2.05) is 13.8 Å². The molecule has 3 nitrogen and oxygen atoms in total. The number of aryl methyl sites for hydroxylation is 2. The van der Waals surface area contributed by atoms with Crippen molar-refractivity contribution in [3.8, 4) is 0 Å². The number of aromatic nitrogens is 2. The molecule has 1 N–H and O–H groups in total. The molecule has 0 fully saturated rings. The fraction of sp³-hybridized carbons (Fsp3) is 0.556. The van der Waals surface area contributed by atoms with E-state index in [4.69, 9.17) is 5.11 Å². The zero-order chi connectivity index (χ0) is 9.14. The summed E-state index contributed by atoms with van der Waals surface area (Å²) >= 11 is 0. The Balaban J connectivity index is 2.90. The summed E-state index contributed by atoms with van der Waals surface area (Å²) in [6.45, 7) is 5.56. The van der Waals surface area contributed by atoms with Gasteiger partial charge in [0.1, 0.15) is 0 Å². The fourth-order valence-corrected chi connectivity index (χ4v) is 1.06. The van der Waals surface area contributed by atoms with Gasteiger partial charge < -0.3 is 5.11 Å². The van der Waals surface area contributed by atoms with Gasteiger partial charge in [-0.2, -0.15) is 0 Å². The number of hydrogen-bond donors (Lipinski definition) is 1. The van der Waals surface area contributed by atoms with Crippen LogP contribution >= 0.6 is 0 Å². The van der Waals surface area contributed by atoms with E-state index in [0.29, 0.717) is 6.42 Å². The van der Waals surface area contributed by atoms with Crippen molar-refractivity contribution in [2.75, 3.05) is 0 Å². The van der Waals surface area contributed by atoms with Gasteiger partial charge in [0.25, 0.3) is 0 Å². The summed E-state index contributed by atoms with van der Waals surface area (Å²) in [7, 11) is 0. The molecule has 0 aromatic carbocycles. The van der Waals surface area contributed by atoms with Gasteiger partial charge in [0.05, 0.1) is 23.2 Å². The zero-order valence-corrected chi connectivity index (χ0v) is 7.70. The van der Waals surface area contributed by atoms with Gasteiger partial charge in [-0.25, -0.2) is 0 Å². The third-order valence-corrected chi connectivity index (χ3v) is 1.66. The van der Waals surface area contributed by atoms with Crippen molar-refractivity contribution in [1.82, 2.24) is 9.97 Å². The molecule has 0 saturated heterocycles. The van der Waals surface area contributed by atoms with Gasteiger partial charge in [0.2, 0.25) is 0 Å². The van der Waals surface area contributed by atoms with Crippen LogP contribution in [0.3, 0.4) is 0 Å². The van der Waals surface area contributed by atoms with Gasteiger partial charge in [0, 0.05) is 12.6 Å². The van der Waals surface area contributed by atoms with Crippen molar-refractivity contribution in [3.63, 3.8) is 0 Å². The lowest BCUT2D eigenvalue weighted by atomic mass is 10.2. The van der Waals surface area contributed by atoms with Crippen LogP contribution in [0.15, 0.2) is 6.20 Å². The molecule has 0 bridgehead atoms. The third-order valence-electron chi connectivity index (χ3n) is 1.66. The van der Waals surface area contributed by atoms with Crippen LogP contribution in [0.1, 0.15) is 24.0 Å². The second-order valence-corrected chi connectivity index (χ2v) is 3.10. The average Bonchev–Trinajstić information content (AvgIpc) is 1.96. The number of hydrogen-bond acceptors (Lipinski definition) is 3. The van der Waals surface area contributed by atoms with Crippen LogP contribution in [0.25, 0.3) is 0 Å². The van der Waals surface area contributed by atoms with E-state index in [2.05, 4.69) is 9.97 Å². The molecule has 1 rings (SSSR count). The predicted molar refractivity (Wildman–Crippen MR) is 46.9 cm³/mol. The lowest BCUT2D eigenvalue weighted by Crippen LogP contribution is -2.09. The molecule has 0 amide bonds. The number of rotatable bonds is 2. The Bertz CT molecular complexity index is 271. The summed E-state index contributed by atoms with van der Waals surface area (Å²) in [6, 6.07) is 0. The van der Waals surface area contributed by atoms with Gasteiger partial charge in [-0.15, -0.1) is 0 Å². The lowest BCUT2D eigenvalue weighted by Gasteiger charge is -2.06.